The van der Waals surface area contributed by atoms with Crippen LogP contribution in [0.2, 0.25) is 0 Å². The lowest BCUT2D eigenvalue weighted by Gasteiger charge is -2.12. The van der Waals surface area contributed by atoms with Gasteiger partial charge in [-0.15, -0.1) is 6.58 Å². The number of esters is 1. The summed E-state index contributed by atoms with van der Waals surface area (Å²) < 4.78 is 5.34. The second kappa shape index (κ2) is 8.74. The van der Waals surface area contributed by atoms with Crippen molar-refractivity contribution in [1.29, 1.82) is 0 Å². The number of carbonyl (C=O) groups is 2. The van der Waals surface area contributed by atoms with E-state index in [0.717, 1.165) is 39.7 Å². The van der Waals surface area contributed by atoms with Crippen LogP contribution in [-0.4, -0.2) is 30.0 Å². The number of hydrogen-bond donors (Lipinski definition) is 1. The van der Waals surface area contributed by atoms with Crippen LogP contribution in [0.3, 0.4) is 0 Å². The smallest absolute Gasteiger partial charge is 0.339 e. The van der Waals surface area contributed by atoms with E-state index in [1.807, 2.05) is 54.6 Å². The summed E-state index contributed by atoms with van der Waals surface area (Å²) in [5.74, 6) is -0.859. The van der Waals surface area contributed by atoms with Crippen molar-refractivity contribution in [2.75, 3.05) is 13.2 Å². The molecule has 5 nitrogen and oxygen atoms in total. The molecule has 0 fully saturated rings. The van der Waals surface area contributed by atoms with Crippen molar-refractivity contribution >= 4 is 34.4 Å². The number of ether oxygens (including phenoxy) is 1. The molecule has 1 N–H and O–H groups in total. The molecule has 1 aliphatic rings. The van der Waals surface area contributed by atoms with Gasteiger partial charge in [0.05, 0.1) is 16.8 Å². The molecule has 0 aliphatic heterocycles. The average molecular weight is 398 g/mol. The van der Waals surface area contributed by atoms with Crippen LogP contribution in [-0.2, 0) is 16.0 Å². The zero-order valence-corrected chi connectivity index (χ0v) is 16.6. The van der Waals surface area contributed by atoms with E-state index >= 15 is 0 Å². The highest BCUT2D eigenvalue weighted by atomic mass is 16.5. The molecule has 1 amide bonds. The minimum Gasteiger partial charge on any atom is -0.452 e. The van der Waals surface area contributed by atoms with Gasteiger partial charge in [0.1, 0.15) is 0 Å². The molecule has 0 saturated heterocycles. The number of allylic oxidation sites excluding steroid dienone is 1. The molecule has 1 aliphatic carbocycles. The van der Waals surface area contributed by atoms with Gasteiger partial charge in [-0.1, -0.05) is 54.6 Å². The lowest BCUT2D eigenvalue weighted by molar-refractivity contribution is -0.124. The van der Waals surface area contributed by atoms with Gasteiger partial charge in [0.2, 0.25) is 0 Å². The Labute approximate surface area is 175 Å². The third-order valence-electron chi connectivity index (χ3n) is 5.06. The predicted molar refractivity (Wildman–Crippen MR) is 118 cm³/mol. The number of benzene rings is 2. The van der Waals surface area contributed by atoms with Gasteiger partial charge in [0.25, 0.3) is 5.91 Å². The number of aromatic nitrogens is 1. The Hall–Kier alpha value is -3.73. The number of nitrogens with one attached hydrogen (secondary N) is 1. The molecule has 150 valence electrons. The number of nitrogens with zero attached hydrogens (tertiary/aromatic N) is 1. The highest BCUT2D eigenvalue weighted by Gasteiger charge is 2.27. The monoisotopic (exact) mass is 398 g/mol. The number of hydrogen-bond acceptors (Lipinski definition) is 4. The fraction of sp³-hybridized carbons (Fsp3) is 0.160. The molecule has 0 atom stereocenters. The molecular formula is C25H22N2O3. The second-order valence-corrected chi connectivity index (χ2v) is 7.08. The Balaban J connectivity index is 1.71. The van der Waals surface area contributed by atoms with Crippen molar-refractivity contribution in [3.8, 4) is 0 Å². The Morgan fingerprint density at radius 3 is 2.63 bits per heavy atom. The van der Waals surface area contributed by atoms with Crippen LogP contribution in [0, 0.1) is 0 Å². The van der Waals surface area contributed by atoms with Crippen LogP contribution in [0.4, 0.5) is 0 Å². The topological polar surface area (TPSA) is 68.3 Å². The maximum absolute atomic E-state index is 13.0. The maximum atomic E-state index is 13.0. The average Bonchev–Trinajstić information content (AvgIpc) is 3.17. The van der Waals surface area contributed by atoms with E-state index in [4.69, 9.17) is 9.72 Å². The normalized spacial score (nSPS) is 13.8. The van der Waals surface area contributed by atoms with Crippen molar-refractivity contribution in [1.82, 2.24) is 10.3 Å². The SMILES string of the molecule is C=CCNC(=O)COC(=O)c1c2c(nc3ccccc13)/C(=C/c1ccccc1)CC2. The van der Waals surface area contributed by atoms with E-state index < -0.39 is 5.97 Å². The summed E-state index contributed by atoms with van der Waals surface area (Å²) in [5.41, 5.74) is 5.15. The number of carbonyl (C=O) groups excluding carboxylic acids is 2. The van der Waals surface area contributed by atoms with Gasteiger partial charge in [-0.2, -0.15) is 0 Å². The van der Waals surface area contributed by atoms with Crippen LogP contribution < -0.4 is 5.32 Å². The number of para-hydroxylation sites is 1. The lowest BCUT2D eigenvalue weighted by atomic mass is 10.0. The first kappa shape index (κ1) is 19.6. The third-order valence-corrected chi connectivity index (χ3v) is 5.06. The van der Waals surface area contributed by atoms with Gasteiger partial charge in [0.15, 0.2) is 6.61 Å². The van der Waals surface area contributed by atoms with Crippen LogP contribution in [0.5, 0.6) is 0 Å². The summed E-state index contributed by atoms with van der Waals surface area (Å²) in [7, 11) is 0. The molecule has 4 rings (SSSR count). The van der Waals surface area contributed by atoms with Gasteiger partial charge in [-0.25, -0.2) is 9.78 Å². The molecule has 1 aromatic heterocycles. The summed E-state index contributed by atoms with van der Waals surface area (Å²) in [6.07, 6.45) is 5.20. The third kappa shape index (κ3) is 4.01. The molecule has 1 heterocycles. The summed E-state index contributed by atoms with van der Waals surface area (Å²) in [6, 6.07) is 17.6. The van der Waals surface area contributed by atoms with E-state index in [1.165, 1.54) is 0 Å². The van der Waals surface area contributed by atoms with Gasteiger partial charge in [-0.05, 0) is 41.7 Å². The van der Waals surface area contributed by atoms with Crippen molar-refractivity contribution in [3.05, 3.63) is 89.6 Å². The maximum Gasteiger partial charge on any atom is 0.339 e. The Kier molecular flexibility index (Phi) is 5.70. The fourth-order valence-corrected chi connectivity index (χ4v) is 3.70. The molecule has 0 saturated carbocycles. The molecule has 0 bridgehead atoms. The van der Waals surface area contributed by atoms with Crippen LogP contribution in [0.1, 0.15) is 33.6 Å². The van der Waals surface area contributed by atoms with Gasteiger partial charge in [0, 0.05) is 11.9 Å². The number of rotatable bonds is 6. The largest absolute Gasteiger partial charge is 0.452 e. The predicted octanol–water partition coefficient (Wildman–Crippen LogP) is 4.18. The van der Waals surface area contributed by atoms with Gasteiger partial charge in [-0.3, -0.25) is 4.79 Å². The van der Waals surface area contributed by atoms with Crippen molar-refractivity contribution in [2.24, 2.45) is 0 Å². The summed E-state index contributed by atoms with van der Waals surface area (Å²) in [6.45, 7) is 3.55. The molecule has 2 aromatic carbocycles. The zero-order valence-electron chi connectivity index (χ0n) is 16.6. The number of amides is 1. The molecule has 0 unspecified atom stereocenters. The molecule has 0 spiro atoms. The highest BCUT2D eigenvalue weighted by molar-refractivity contribution is 6.07. The van der Waals surface area contributed by atoms with Gasteiger partial charge < -0.3 is 10.1 Å². The van der Waals surface area contributed by atoms with E-state index in [1.54, 1.807) is 6.08 Å². The molecule has 5 heteroatoms. The zero-order chi connectivity index (χ0) is 20.9. The first-order valence-corrected chi connectivity index (χ1v) is 9.89. The van der Waals surface area contributed by atoms with E-state index in [-0.39, 0.29) is 12.5 Å². The van der Waals surface area contributed by atoms with E-state index in [0.29, 0.717) is 18.5 Å². The van der Waals surface area contributed by atoms with Crippen molar-refractivity contribution in [2.45, 2.75) is 12.8 Å². The summed E-state index contributed by atoms with van der Waals surface area (Å²) >= 11 is 0. The lowest BCUT2D eigenvalue weighted by Crippen LogP contribution is -2.29. The molecule has 3 aromatic rings. The number of pyridine rings is 1. The van der Waals surface area contributed by atoms with E-state index in [2.05, 4.69) is 18.0 Å². The minimum atomic E-state index is -0.500. The summed E-state index contributed by atoms with van der Waals surface area (Å²) in [5, 5.41) is 3.35. The fourth-order valence-electron chi connectivity index (χ4n) is 3.70. The second-order valence-electron chi connectivity index (χ2n) is 7.08. The Morgan fingerprint density at radius 1 is 1.07 bits per heavy atom. The standard InChI is InChI=1S/C25H22N2O3/c1-2-14-26-22(28)16-30-25(29)23-19-10-6-7-11-21(19)27-24-18(12-13-20(23)24)15-17-8-4-3-5-9-17/h2-11,15H,1,12-14,16H2,(H,26,28)/b18-15+. The Bertz CT molecular complexity index is 1150. The minimum absolute atomic E-state index is 0.329. The first-order chi connectivity index (χ1) is 14.7. The van der Waals surface area contributed by atoms with Crippen molar-refractivity contribution in [3.63, 3.8) is 0 Å². The Morgan fingerprint density at radius 2 is 1.83 bits per heavy atom. The van der Waals surface area contributed by atoms with Crippen LogP contribution in [0.25, 0.3) is 22.6 Å². The first-order valence-electron chi connectivity index (χ1n) is 9.89. The van der Waals surface area contributed by atoms with Crippen LogP contribution >= 0.6 is 0 Å². The highest BCUT2D eigenvalue weighted by Crippen LogP contribution is 2.37. The van der Waals surface area contributed by atoms with Gasteiger partial charge >= 0.3 is 5.97 Å². The molecular weight excluding hydrogens is 376 g/mol. The van der Waals surface area contributed by atoms with Crippen LogP contribution in [0.15, 0.2) is 67.3 Å². The number of fused-ring (bicyclic) bond motifs is 2. The molecule has 30 heavy (non-hydrogen) atoms. The molecule has 0 radical (unpaired) electrons. The van der Waals surface area contributed by atoms with Crippen molar-refractivity contribution < 1.29 is 14.3 Å². The van der Waals surface area contributed by atoms with E-state index in [9.17, 15) is 9.59 Å². The summed E-state index contributed by atoms with van der Waals surface area (Å²) in [4.78, 5) is 29.7. The quantitative estimate of drug-likeness (QED) is 0.500.